The molecule has 1 fully saturated rings. The van der Waals surface area contributed by atoms with E-state index in [1.54, 1.807) is 23.5 Å². The first-order valence-corrected chi connectivity index (χ1v) is 13.9. The number of aromatic nitrogens is 3. The van der Waals surface area contributed by atoms with Crippen molar-refractivity contribution in [2.24, 2.45) is 0 Å². The van der Waals surface area contributed by atoms with Gasteiger partial charge in [0, 0.05) is 29.9 Å². The van der Waals surface area contributed by atoms with E-state index < -0.39 is 9.84 Å². The minimum absolute atomic E-state index is 0.174. The Morgan fingerprint density at radius 1 is 1.00 bits per heavy atom. The number of hydrogen-bond donors (Lipinski definition) is 0. The van der Waals surface area contributed by atoms with Crippen LogP contribution in [0.1, 0.15) is 60.4 Å². The van der Waals surface area contributed by atoms with Gasteiger partial charge in [-0.25, -0.2) is 23.4 Å². The molecule has 1 aromatic carbocycles. The first kappa shape index (κ1) is 22.9. The van der Waals surface area contributed by atoms with E-state index in [9.17, 15) is 8.42 Å². The van der Waals surface area contributed by atoms with Crippen molar-refractivity contribution < 1.29 is 13.2 Å². The zero-order valence-corrected chi connectivity index (χ0v) is 20.2. The molecule has 4 rings (SSSR count). The Balaban J connectivity index is 1.26. The van der Waals surface area contributed by atoms with Gasteiger partial charge in [0.05, 0.1) is 15.6 Å². The van der Waals surface area contributed by atoms with Crippen LogP contribution in [0.2, 0.25) is 0 Å². The standard InChI is InChI=1S/C24H29N3O3S2/c1-3-17-14-25-24(26-15-17)30-21-10-7-19(8-11-21)23-27-20(16-31-23)9-4-18-5-12-22(13-6-18)32(2,28)29/h5-6,12-16,19,21H,3-4,7-11H2,1-2H3. The molecule has 0 atom stereocenters. The summed E-state index contributed by atoms with van der Waals surface area (Å²) in [5.74, 6) is 0.492. The number of rotatable bonds is 8. The monoisotopic (exact) mass is 471 g/mol. The van der Waals surface area contributed by atoms with Crippen molar-refractivity contribution >= 4 is 21.2 Å². The molecule has 0 bridgehead atoms. The second-order valence-corrected chi connectivity index (χ2v) is 11.3. The fourth-order valence-corrected chi connectivity index (χ4v) is 5.62. The number of nitrogens with zero attached hydrogens (tertiary/aromatic N) is 3. The van der Waals surface area contributed by atoms with Crippen molar-refractivity contribution in [3.63, 3.8) is 0 Å². The maximum atomic E-state index is 11.6. The van der Waals surface area contributed by atoms with E-state index in [0.717, 1.165) is 61.8 Å². The van der Waals surface area contributed by atoms with E-state index >= 15 is 0 Å². The lowest BCUT2D eigenvalue weighted by Crippen LogP contribution is -2.24. The van der Waals surface area contributed by atoms with Crippen LogP contribution in [0.4, 0.5) is 0 Å². The zero-order chi connectivity index (χ0) is 22.6. The zero-order valence-electron chi connectivity index (χ0n) is 18.5. The van der Waals surface area contributed by atoms with Crippen molar-refractivity contribution in [1.82, 2.24) is 15.0 Å². The Labute approximate surface area is 194 Å². The van der Waals surface area contributed by atoms with Crippen molar-refractivity contribution in [3.05, 3.63) is 63.9 Å². The van der Waals surface area contributed by atoms with Crippen LogP contribution >= 0.6 is 11.3 Å². The molecular weight excluding hydrogens is 442 g/mol. The fraction of sp³-hybridized carbons (Fsp3) is 0.458. The van der Waals surface area contributed by atoms with Crippen LogP contribution < -0.4 is 4.74 Å². The molecule has 2 aromatic heterocycles. The van der Waals surface area contributed by atoms with Crippen LogP contribution in [0.3, 0.4) is 0 Å². The van der Waals surface area contributed by atoms with Crippen LogP contribution in [0.15, 0.2) is 46.9 Å². The average Bonchev–Trinajstić information content (AvgIpc) is 3.27. The molecule has 8 heteroatoms. The highest BCUT2D eigenvalue weighted by atomic mass is 32.2. The van der Waals surface area contributed by atoms with E-state index in [1.807, 2.05) is 24.5 Å². The summed E-state index contributed by atoms with van der Waals surface area (Å²) in [6, 6.07) is 7.63. The molecule has 0 saturated heterocycles. The van der Waals surface area contributed by atoms with Gasteiger partial charge in [-0.05, 0) is 68.2 Å². The highest BCUT2D eigenvalue weighted by Crippen LogP contribution is 2.35. The molecule has 170 valence electrons. The Hall–Kier alpha value is -2.32. The normalized spacial score (nSPS) is 19.1. The van der Waals surface area contributed by atoms with Gasteiger partial charge in [-0.2, -0.15) is 0 Å². The number of hydrogen-bond acceptors (Lipinski definition) is 7. The fourth-order valence-electron chi connectivity index (χ4n) is 3.96. The Kier molecular flexibility index (Phi) is 7.20. The summed E-state index contributed by atoms with van der Waals surface area (Å²) < 4.78 is 29.2. The minimum atomic E-state index is -3.15. The summed E-state index contributed by atoms with van der Waals surface area (Å²) in [5, 5.41) is 3.38. The molecule has 2 heterocycles. The summed E-state index contributed by atoms with van der Waals surface area (Å²) in [6.45, 7) is 2.09. The number of ether oxygens (including phenoxy) is 1. The predicted octanol–water partition coefficient (Wildman–Crippen LogP) is 4.79. The Morgan fingerprint density at radius 2 is 1.69 bits per heavy atom. The number of aryl methyl sites for hydroxylation is 3. The van der Waals surface area contributed by atoms with Crippen LogP contribution in [0.25, 0.3) is 0 Å². The smallest absolute Gasteiger partial charge is 0.316 e. The lowest BCUT2D eigenvalue weighted by molar-refractivity contribution is 0.134. The maximum Gasteiger partial charge on any atom is 0.316 e. The van der Waals surface area contributed by atoms with E-state index in [0.29, 0.717) is 16.8 Å². The quantitative estimate of drug-likeness (QED) is 0.470. The van der Waals surface area contributed by atoms with Crippen LogP contribution in [0, 0.1) is 0 Å². The molecule has 0 amide bonds. The highest BCUT2D eigenvalue weighted by molar-refractivity contribution is 7.90. The average molecular weight is 472 g/mol. The molecule has 1 aliphatic rings. The van der Waals surface area contributed by atoms with Crippen LogP contribution in [-0.2, 0) is 29.1 Å². The predicted molar refractivity (Wildman–Crippen MR) is 126 cm³/mol. The van der Waals surface area contributed by atoms with Crippen molar-refractivity contribution in [1.29, 1.82) is 0 Å². The SMILES string of the molecule is CCc1cnc(OC2CCC(c3nc(CCc4ccc(S(C)(=O)=O)cc4)cs3)CC2)nc1. The summed E-state index contributed by atoms with van der Waals surface area (Å²) in [6.07, 6.45) is 11.8. The van der Waals surface area contributed by atoms with Gasteiger partial charge in [-0.15, -0.1) is 11.3 Å². The van der Waals surface area contributed by atoms with Gasteiger partial charge in [0.15, 0.2) is 9.84 Å². The second kappa shape index (κ2) is 10.1. The molecule has 0 aliphatic heterocycles. The summed E-state index contributed by atoms with van der Waals surface area (Å²) in [4.78, 5) is 13.9. The minimum Gasteiger partial charge on any atom is -0.460 e. The van der Waals surface area contributed by atoms with E-state index in [-0.39, 0.29) is 6.10 Å². The van der Waals surface area contributed by atoms with E-state index in [1.165, 1.54) is 11.3 Å². The summed E-state index contributed by atoms with van der Waals surface area (Å²) in [5.41, 5.74) is 3.35. The largest absolute Gasteiger partial charge is 0.460 e. The third-order valence-electron chi connectivity index (χ3n) is 5.98. The first-order valence-electron chi connectivity index (χ1n) is 11.1. The molecule has 0 unspecified atom stereocenters. The van der Waals surface area contributed by atoms with Gasteiger partial charge in [0.1, 0.15) is 6.10 Å². The molecule has 3 aromatic rings. The van der Waals surface area contributed by atoms with Gasteiger partial charge in [0.25, 0.3) is 0 Å². The maximum absolute atomic E-state index is 11.6. The van der Waals surface area contributed by atoms with Gasteiger partial charge >= 0.3 is 6.01 Å². The first-order chi connectivity index (χ1) is 15.4. The van der Waals surface area contributed by atoms with Crippen LogP contribution in [0.5, 0.6) is 6.01 Å². The molecule has 1 saturated carbocycles. The number of sulfone groups is 1. The summed E-state index contributed by atoms with van der Waals surface area (Å²) in [7, 11) is -3.15. The van der Waals surface area contributed by atoms with Gasteiger partial charge in [-0.1, -0.05) is 19.1 Å². The molecule has 1 aliphatic carbocycles. The van der Waals surface area contributed by atoms with Gasteiger partial charge < -0.3 is 4.74 Å². The lowest BCUT2D eigenvalue weighted by Gasteiger charge is -2.27. The Morgan fingerprint density at radius 3 is 2.31 bits per heavy atom. The highest BCUT2D eigenvalue weighted by Gasteiger charge is 2.26. The van der Waals surface area contributed by atoms with E-state index in [2.05, 4.69) is 22.3 Å². The second-order valence-electron chi connectivity index (χ2n) is 8.41. The van der Waals surface area contributed by atoms with Gasteiger partial charge in [0.2, 0.25) is 0 Å². The molecule has 32 heavy (non-hydrogen) atoms. The number of thiazole rings is 1. The molecule has 0 spiro atoms. The van der Waals surface area contributed by atoms with Crippen LogP contribution in [-0.4, -0.2) is 35.7 Å². The molecule has 0 radical (unpaired) electrons. The van der Waals surface area contributed by atoms with E-state index in [4.69, 9.17) is 9.72 Å². The lowest BCUT2D eigenvalue weighted by atomic mass is 9.88. The molecule has 6 nitrogen and oxygen atoms in total. The third-order valence-corrected chi connectivity index (χ3v) is 8.16. The topological polar surface area (TPSA) is 82.0 Å². The molecule has 0 N–H and O–H groups in total. The van der Waals surface area contributed by atoms with Gasteiger partial charge in [-0.3, -0.25) is 0 Å². The molecular formula is C24H29N3O3S2. The third kappa shape index (κ3) is 5.92. The van der Waals surface area contributed by atoms with Crippen molar-refractivity contribution in [3.8, 4) is 6.01 Å². The van der Waals surface area contributed by atoms with Crippen molar-refractivity contribution in [2.75, 3.05) is 6.26 Å². The van der Waals surface area contributed by atoms with Crippen molar-refractivity contribution in [2.45, 2.75) is 68.8 Å². The Bertz CT molecular complexity index is 1120. The summed E-state index contributed by atoms with van der Waals surface area (Å²) >= 11 is 1.75. The number of benzene rings is 1.